The highest BCUT2D eigenvalue weighted by Crippen LogP contribution is 2.07. The van der Waals surface area contributed by atoms with Crippen molar-refractivity contribution in [3.8, 4) is 0 Å². The maximum absolute atomic E-state index is 12.1. The molecule has 0 saturated carbocycles. The van der Waals surface area contributed by atoms with Gasteiger partial charge < -0.3 is 25.3 Å². The van der Waals surface area contributed by atoms with E-state index in [0.717, 1.165) is 56.1 Å². The van der Waals surface area contributed by atoms with Crippen molar-refractivity contribution >= 4 is 11.9 Å². The summed E-state index contributed by atoms with van der Waals surface area (Å²) in [6.07, 6.45) is 3.21. The summed E-state index contributed by atoms with van der Waals surface area (Å²) in [5.74, 6) is 0.870. The lowest BCUT2D eigenvalue weighted by Crippen LogP contribution is -2.40. The molecule has 1 aliphatic rings. The number of nitrogens with one attached hydrogen (secondary N) is 2. The van der Waals surface area contributed by atoms with Crippen molar-refractivity contribution in [3.05, 3.63) is 35.4 Å². The van der Waals surface area contributed by atoms with Gasteiger partial charge in [-0.05, 0) is 63.6 Å². The number of likely N-dealkylation sites (N-methyl/N-ethyl adjacent to an activating group) is 1. The maximum atomic E-state index is 12.1. The monoisotopic (exact) mass is 402 g/mol. The zero-order valence-corrected chi connectivity index (χ0v) is 18.6. The van der Waals surface area contributed by atoms with Gasteiger partial charge in [0, 0.05) is 52.9 Å². The predicted molar refractivity (Wildman–Crippen MR) is 121 cm³/mol. The van der Waals surface area contributed by atoms with Gasteiger partial charge in [-0.15, -0.1) is 0 Å². The maximum Gasteiger partial charge on any atom is 0.253 e. The van der Waals surface area contributed by atoms with Crippen LogP contribution in [0.1, 0.15) is 28.8 Å². The molecule has 1 aliphatic heterocycles. The molecule has 0 radical (unpaired) electrons. The molecule has 0 unspecified atom stereocenters. The minimum Gasteiger partial charge on any atom is -0.356 e. The highest BCUT2D eigenvalue weighted by atomic mass is 16.2. The number of hydrogen-bond acceptors (Lipinski definition) is 4. The van der Waals surface area contributed by atoms with Crippen LogP contribution in [0.4, 0.5) is 0 Å². The van der Waals surface area contributed by atoms with E-state index in [1.165, 1.54) is 26.1 Å². The molecular weight excluding hydrogens is 364 g/mol. The van der Waals surface area contributed by atoms with Crippen molar-refractivity contribution in [2.75, 3.05) is 74.0 Å². The predicted octanol–water partition coefficient (Wildman–Crippen LogP) is 1.12. The van der Waals surface area contributed by atoms with Gasteiger partial charge in [-0.25, -0.2) is 0 Å². The van der Waals surface area contributed by atoms with Crippen LogP contribution in [-0.4, -0.2) is 101 Å². The Bertz CT molecular complexity index is 660. The number of carbonyl (C=O) groups is 1. The average molecular weight is 403 g/mol. The van der Waals surface area contributed by atoms with E-state index in [1.807, 2.05) is 18.2 Å². The molecule has 7 heteroatoms. The van der Waals surface area contributed by atoms with Crippen molar-refractivity contribution in [2.24, 2.45) is 4.99 Å². The number of guanidine groups is 1. The lowest BCUT2D eigenvalue weighted by Gasteiger charge is -2.20. The quantitative estimate of drug-likeness (QED) is 0.388. The number of benzene rings is 1. The van der Waals surface area contributed by atoms with E-state index in [0.29, 0.717) is 0 Å². The standard InChI is InChI=1S/C22H38N6O/c1-23-22(24-11-6-14-28-15-7-13-27(4)16-17-28)25-12-10-19-8-5-9-20(18-19)21(29)26(2)3/h5,8-9,18H,6-7,10-17H2,1-4H3,(H2,23,24,25). The summed E-state index contributed by atoms with van der Waals surface area (Å²) in [4.78, 5) is 23.0. The summed E-state index contributed by atoms with van der Waals surface area (Å²) in [6.45, 7) is 7.56. The molecule has 1 fully saturated rings. The summed E-state index contributed by atoms with van der Waals surface area (Å²) < 4.78 is 0. The Morgan fingerprint density at radius 2 is 1.93 bits per heavy atom. The van der Waals surface area contributed by atoms with E-state index in [1.54, 1.807) is 26.0 Å². The van der Waals surface area contributed by atoms with Crippen molar-refractivity contribution in [1.82, 2.24) is 25.3 Å². The van der Waals surface area contributed by atoms with Gasteiger partial charge in [0.15, 0.2) is 5.96 Å². The second-order valence-electron chi connectivity index (χ2n) is 7.93. The Kier molecular flexibility index (Phi) is 9.94. The highest BCUT2D eigenvalue weighted by molar-refractivity contribution is 5.94. The van der Waals surface area contributed by atoms with Crippen LogP contribution in [0.15, 0.2) is 29.3 Å². The van der Waals surface area contributed by atoms with Gasteiger partial charge in [0.1, 0.15) is 0 Å². The molecule has 1 saturated heterocycles. The zero-order valence-electron chi connectivity index (χ0n) is 18.6. The summed E-state index contributed by atoms with van der Waals surface area (Å²) >= 11 is 0. The van der Waals surface area contributed by atoms with Crippen molar-refractivity contribution in [2.45, 2.75) is 19.3 Å². The van der Waals surface area contributed by atoms with Crippen LogP contribution in [-0.2, 0) is 6.42 Å². The van der Waals surface area contributed by atoms with Crippen LogP contribution < -0.4 is 10.6 Å². The Labute approximate surface area is 176 Å². The minimum absolute atomic E-state index is 0.0355. The van der Waals surface area contributed by atoms with Crippen molar-refractivity contribution in [1.29, 1.82) is 0 Å². The highest BCUT2D eigenvalue weighted by Gasteiger charge is 2.11. The van der Waals surface area contributed by atoms with Crippen molar-refractivity contribution in [3.63, 3.8) is 0 Å². The van der Waals surface area contributed by atoms with Gasteiger partial charge in [0.25, 0.3) is 5.91 Å². The molecule has 162 valence electrons. The third kappa shape index (κ3) is 8.41. The van der Waals surface area contributed by atoms with Gasteiger partial charge >= 0.3 is 0 Å². The lowest BCUT2D eigenvalue weighted by atomic mass is 10.1. The number of rotatable bonds is 8. The second-order valence-corrected chi connectivity index (χ2v) is 7.93. The van der Waals surface area contributed by atoms with Crippen LogP contribution >= 0.6 is 0 Å². The van der Waals surface area contributed by atoms with Gasteiger partial charge in [-0.3, -0.25) is 9.79 Å². The third-order valence-electron chi connectivity index (χ3n) is 5.27. The molecule has 1 heterocycles. The summed E-state index contributed by atoms with van der Waals surface area (Å²) in [5, 5.41) is 6.77. The number of hydrogen-bond donors (Lipinski definition) is 2. The molecule has 0 spiro atoms. The Hall–Kier alpha value is -2.12. The third-order valence-corrected chi connectivity index (χ3v) is 5.27. The summed E-state index contributed by atoms with van der Waals surface area (Å²) in [5.41, 5.74) is 1.88. The zero-order chi connectivity index (χ0) is 21.1. The molecule has 2 N–H and O–H groups in total. The molecule has 0 aliphatic carbocycles. The van der Waals surface area contributed by atoms with Gasteiger partial charge in [-0.2, -0.15) is 0 Å². The summed E-state index contributed by atoms with van der Waals surface area (Å²) in [7, 11) is 7.56. The summed E-state index contributed by atoms with van der Waals surface area (Å²) in [6, 6.07) is 7.84. The fourth-order valence-corrected chi connectivity index (χ4v) is 3.50. The first-order valence-electron chi connectivity index (χ1n) is 10.7. The molecular formula is C22H38N6O. The molecule has 7 nitrogen and oxygen atoms in total. The Morgan fingerprint density at radius 1 is 1.14 bits per heavy atom. The Balaban J connectivity index is 1.66. The first kappa shape index (κ1) is 23.2. The van der Waals surface area contributed by atoms with Crippen LogP contribution in [0, 0.1) is 0 Å². The fourth-order valence-electron chi connectivity index (χ4n) is 3.50. The smallest absolute Gasteiger partial charge is 0.253 e. The first-order valence-corrected chi connectivity index (χ1v) is 10.7. The normalized spacial score (nSPS) is 16.3. The van der Waals surface area contributed by atoms with Gasteiger partial charge in [0.2, 0.25) is 0 Å². The van der Waals surface area contributed by atoms with Gasteiger partial charge in [-0.1, -0.05) is 12.1 Å². The fraction of sp³-hybridized carbons (Fsp3) is 0.636. The van der Waals surface area contributed by atoms with E-state index in [2.05, 4.69) is 38.5 Å². The molecule has 2 rings (SSSR count). The SMILES string of the molecule is CN=C(NCCCN1CCCN(C)CC1)NCCc1cccc(C(=O)N(C)C)c1. The second kappa shape index (κ2) is 12.4. The molecule has 0 bridgehead atoms. The number of nitrogens with zero attached hydrogens (tertiary/aromatic N) is 4. The molecule has 1 aromatic rings. The minimum atomic E-state index is 0.0355. The first-order chi connectivity index (χ1) is 14.0. The van der Waals surface area contributed by atoms with Gasteiger partial charge in [0.05, 0.1) is 0 Å². The Morgan fingerprint density at radius 3 is 2.69 bits per heavy atom. The molecule has 1 amide bonds. The largest absolute Gasteiger partial charge is 0.356 e. The molecule has 0 atom stereocenters. The molecule has 1 aromatic carbocycles. The van der Waals surface area contributed by atoms with Crippen LogP contribution in [0.25, 0.3) is 0 Å². The topological polar surface area (TPSA) is 63.2 Å². The molecule has 0 aromatic heterocycles. The van der Waals surface area contributed by atoms with E-state index in [4.69, 9.17) is 0 Å². The number of amides is 1. The van der Waals surface area contributed by atoms with E-state index < -0.39 is 0 Å². The van der Waals surface area contributed by atoms with Crippen molar-refractivity contribution < 1.29 is 4.79 Å². The van der Waals surface area contributed by atoms with E-state index >= 15 is 0 Å². The lowest BCUT2D eigenvalue weighted by molar-refractivity contribution is 0.0827. The number of aliphatic imine (C=N–C) groups is 1. The average Bonchev–Trinajstić information content (AvgIpc) is 2.93. The number of carbonyl (C=O) groups excluding carboxylic acids is 1. The molecule has 29 heavy (non-hydrogen) atoms. The van der Waals surface area contributed by atoms with E-state index in [-0.39, 0.29) is 5.91 Å². The van der Waals surface area contributed by atoms with Crippen LogP contribution in [0.3, 0.4) is 0 Å². The van der Waals surface area contributed by atoms with Crippen LogP contribution in [0.5, 0.6) is 0 Å². The van der Waals surface area contributed by atoms with Crippen LogP contribution in [0.2, 0.25) is 0 Å². The van der Waals surface area contributed by atoms with E-state index in [9.17, 15) is 4.79 Å².